The number of rotatable bonds is 5. The number of likely N-dealkylation sites (tertiary alicyclic amines) is 1. The zero-order valence-electron chi connectivity index (χ0n) is 13.2. The third-order valence-electron chi connectivity index (χ3n) is 4.13. The first-order chi connectivity index (χ1) is 10.6. The summed E-state index contributed by atoms with van der Waals surface area (Å²) in [5.41, 5.74) is 0. The number of esters is 1. The first kappa shape index (κ1) is 16.3. The van der Waals surface area contributed by atoms with Crippen molar-refractivity contribution in [2.45, 2.75) is 45.2 Å². The van der Waals surface area contributed by atoms with Crippen LogP contribution in [-0.2, 0) is 16.1 Å². The van der Waals surface area contributed by atoms with Crippen molar-refractivity contribution >= 4 is 12.0 Å². The van der Waals surface area contributed by atoms with Gasteiger partial charge in [0.15, 0.2) is 0 Å². The molecule has 0 aliphatic carbocycles. The summed E-state index contributed by atoms with van der Waals surface area (Å²) < 4.78 is 6.64. The molecule has 2 heterocycles. The molecular weight excluding hydrogens is 284 g/mol. The largest absolute Gasteiger partial charge is 0.468 e. The molecule has 1 fully saturated rings. The van der Waals surface area contributed by atoms with Crippen molar-refractivity contribution in [1.29, 1.82) is 0 Å². The highest BCUT2D eigenvalue weighted by Crippen LogP contribution is 2.20. The minimum atomic E-state index is -0.434. The monoisotopic (exact) mass is 308 g/mol. The molecule has 1 aliphatic heterocycles. The number of carbonyl (C=O) groups is 2. The molecule has 1 N–H and O–H groups in total. The molecule has 7 heteroatoms. The van der Waals surface area contributed by atoms with E-state index in [9.17, 15) is 9.59 Å². The number of aromatic nitrogens is 2. The average molecular weight is 308 g/mol. The molecule has 122 valence electrons. The lowest BCUT2D eigenvalue weighted by Crippen LogP contribution is -2.50. The van der Waals surface area contributed by atoms with Crippen molar-refractivity contribution in [3.8, 4) is 0 Å². The lowest BCUT2D eigenvalue weighted by atomic mass is 9.99. The fourth-order valence-corrected chi connectivity index (χ4v) is 2.82. The van der Waals surface area contributed by atoms with E-state index in [1.807, 2.05) is 18.0 Å². The maximum Gasteiger partial charge on any atom is 0.325 e. The van der Waals surface area contributed by atoms with E-state index in [0.29, 0.717) is 0 Å². The summed E-state index contributed by atoms with van der Waals surface area (Å²) in [5, 5.41) is 2.63. The highest BCUT2D eigenvalue weighted by molar-refractivity contribution is 5.81. The summed E-state index contributed by atoms with van der Waals surface area (Å²) in [7, 11) is 1.31. The molecule has 0 saturated carbocycles. The highest BCUT2D eigenvalue weighted by Gasteiger charge is 2.26. The fraction of sp³-hybridized carbons (Fsp3) is 0.667. The second-order valence-corrected chi connectivity index (χ2v) is 5.53. The van der Waals surface area contributed by atoms with Gasteiger partial charge in [-0.15, -0.1) is 0 Å². The molecule has 0 radical (unpaired) electrons. The summed E-state index contributed by atoms with van der Waals surface area (Å²) in [4.78, 5) is 29.4. The van der Waals surface area contributed by atoms with Crippen LogP contribution in [0.2, 0.25) is 0 Å². The van der Waals surface area contributed by atoms with Crippen molar-refractivity contribution in [1.82, 2.24) is 19.8 Å². The zero-order valence-corrected chi connectivity index (χ0v) is 13.2. The third-order valence-corrected chi connectivity index (χ3v) is 4.13. The SMILES string of the molecule is COC(=O)CNC(=O)N1CCCC[C@@H]1CCn1ccnc1C. The van der Waals surface area contributed by atoms with Gasteiger partial charge in [-0.1, -0.05) is 0 Å². The van der Waals surface area contributed by atoms with Crippen molar-refractivity contribution in [3.63, 3.8) is 0 Å². The van der Waals surface area contributed by atoms with Crippen molar-refractivity contribution in [2.75, 3.05) is 20.2 Å². The average Bonchev–Trinajstić information content (AvgIpc) is 2.95. The van der Waals surface area contributed by atoms with E-state index in [2.05, 4.69) is 19.6 Å². The Morgan fingerprint density at radius 2 is 2.27 bits per heavy atom. The molecule has 2 amide bonds. The lowest BCUT2D eigenvalue weighted by Gasteiger charge is -2.35. The van der Waals surface area contributed by atoms with E-state index in [1.165, 1.54) is 7.11 Å². The van der Waals surface area contributed by atoms with Crippen LogP contribution in [-0.4, -0.2) is 52.7 Å². The van der Waals surface area contributed by atoms with Gasteiger partial charge in [-0.2, -0.15) is 0 Å². The number of piperidine rings is 1. The van der Waals surface area contributed by atoms with Gasteiger partial charge < -0.3 is 19.5 Å². The number of nitrogens with zero attached hydrogens (tertiary/aromatic N) is 3. The quantitative estimate of drug-likeness (QED) is 0.832. The van der Waals surface area contributed by atoms with Gasteiger partial charge in [0.1, 0.15) is 12.4 Å². The first-order valence-electron chi connectivity index (χ1n) is 7.71. The Balaban J connectivity index is 1.88. The molecule has 1 aromatic rings. The van der Waals surface area contributed by atoms with Crippen LogP contribution in [0.3, 0.4) is 0 Å². The molecule has 0 spiro atoms. The summed E-state index contributed by atoms with van der Waals surface area (Å²) in [6.45, 7) is 3.47. The number of aryl methyl sites for hydroxylation is 2. The number of imidazole rings is 1. The Morgan fingerprint density at radius 3 is 2.95 bits per heavy atom. The minimum Gasteiger partial charge on any atom is -0.468 e. The Labute approximate surface area is 130 Å². The molecule has 1 saturated heterocycles. The molecule has 0 bridgehead atoms. The van der Waals surface area contributed by atoms with E-state index < -0.39 is 5.97 Å². The number of methoxy groups -OCH3 is 1. The number of urea groups is 1. The second-order valence-electron chi connectivity index (χ2n) is 5.53. The molecule has 1 aromatic heterocycles. The van der Waals surface area contributed by atoms with Crippen molar-refractivity contribution < 1.29 is 14.3 Å². The number of amides is 2. The number of hydrogen-bond acceptors (Lipinski definition) is 4. The minimum absolute atomic E-state index is 0.0841. The highest BCUT2D eigenvalue weighted by atomic mass is 16.5. The molecular formula is C15H24N4O3. The van der Waals surface area contributed by atoms with Crippen molar-refractivity contribution in [2.24, 2.45) is 0 Å². The zero-order chi connectivity index (χ0) is 15.9. The first-order valence-corrected chi connectivity index (χ1v) is 7.71. The number of ether oxygens (including phenoxy) is 1. The van der Waals surface area contributed by atoms with E-state index >= 15 is 0 Å². The Hall–Kier alpha value is -2.05. The molecule has 1 aliphatic rings. The van der Waals surface area contributed by atoms with Crippen LogP contribution in [0, 0.1) is 6.92 Å². The van der Waals surface area contributed by atoms with Gasteiger partial charge in [-0.05, 0) is 32.6 Å². The molecule has 0 aromatic carbocycles. The van der Waals surface area contributed by atoms with E-state index in [0.717, 1.165) is 44.6 Å². The maximum absolute atomic E-state index is 12.2. The van der Waals surface area contributed by atoms with Crippen LogP contribution in [0.25, 0.3) is 0 Å². The standard InChI is InChI=1S/C15H24N4O3/c1-12-16-7-10-18(12)9-6-13-5-3-4-8-19(13)15(21)17-11-14(20)22-2/h7,10,13H,3-6,8-9,11H2,1-2H3,(H,17,21)/t13-/m1/s1. The second kappa shape index (κ2) is 7.82. The number of hydrogen-bond donors (Lipinski definition) is 1. The van der Waals surface area contributed by atoms with Crippen LogP contribution in [0.15, 0.2) is 12.4 Å². The van der Waals surface area contributed by atoms with Gasteiger partial charge in [0.25, 0.3) is 0 Å². The molecule has 1 atom stereocenters. The van der Waals surface area contributed by atoms with Gasteiger partial charge in [-0.3, -0.25) is 4.79 Å². The van der Waals surface area contributed by atoms with Crippen LogP contribution in [0.4, 0.5) is 4.79 Å². The Bertz CT molecular complexity index is 515. The van der Waals surface area contributed by atoms with Gasteiger partial charge in [0.05, 0.1) is 7.11 Å². The molecule has 2 rings (SSSR count). The Kier molecular flexibility index (Phi) is 5.80. The van der Waals surface area contributed by atoms with Crippen LogP contribution < -0.4 is 5.32 Å². The van der Waals surface area contributed by atoms with Gasteiger partial charge in [0, 0.05) is 31.5 Å². The predicted molar refractivity (Wildman–Crippen MR) is 81.3 cm³/mol. The van der Waals surface area contributed by atoms with Crippen molar-refractivity contribution in [3.05, 3.63) is 18.2 Å². The number of carbonyl (C=O) groups excluding carboxylic acids is 2. The van der Waals surface area contributed by atoms with Gasteiger partial charge >= 0.3 is 12.0 Å². The summed E-state index contributed by atoms with van der Waals surface area (Å²) in [6.07, 6.45) is 7.78. The molecule has 0 unspecified atom stereocenters. The van der Waals surface area contributed by atoms with Gasteiger partial charge in [-0.25, -0.2) is 9.78 Å². The maximum atomic E-state index is 12.2. The van der Waals surface area contributed by atoms with Crippen LogP contribution in [0.1, 0.15) is 31.5 Å². The van der Waals surface area contributed by atoms with Gasteiger partial charge in [0.2, 0.25) is 0 Å². The Morgan fingerprint density at radius 1 is 1.45 bits per heavy atom. The van der Waals surface area contributed by atoms with Crippen LogP contribution in [0.5, 0.6) is 0 Å². The van der Waals surface area contributed by atoms with E-state index in [-0.39, 0.29) is 18.6 Å². The topological polar surface area (TPSA) is 76.5 Å². The van der Waals surface area contributed by atoms with E-state index in [4.69, 9.17) is 0 Å². The van der Waals surface area contributed by atoms with Crippen LogP contribution >= 0.6 is 0 Å². The number of nitrogens with one attached hydrogen (secondary N) is 1. The smallest absolute Gasteiger partial charge is 0.325 e. The molecule has 22 heavy (non-hydrogen) atoms. The molecule has 7 nitrogen and oxygen atoms in total. The predicted octanol–water partition coefficient (Wildman–Crippen LogP) is 1.32. The summed E-state index contributed by atoms with van der Waals surface area (Å²) >= 11 is 0. The lowest BCUT2D eigenvalue weighted by molar-refractivity contribution is -0.139. The summed E-state index contributed by atoms with van der Waals surface area (Å²) in [5.74, 6) is 0.549. The third kappa shape index (κ3) is 4.22. The fourth-order valence-electron chi connectivity index (χ4n) is 2.82. The van der Waals surface area contributed by atoms with E-state index in [1.54, 1.807) is 6.20 Å². The normalized spacial score (nSPS) is 18.1. The summed E-state index contributed by atoms with van der Waals surface area (Å²) in [6, 6.07) is 0.0191.